The van der Waals surface area contributed by atoms with E-state index in [9.17, 15) is 4.79 Å². The molecule has 2 aromatic rings. The van der Waals surface area contributed by atoms with E-state index in [0.29, 0.717) is 31.9 Å². The molecule has 30 heavy (non-hydrogen) atoms. The molecule has 0 aliphatic carbocycles. The molecule has 3 heterocycles. The maximum Gasteiger partial charge on any atom is 0.270 e. The van der Waals surface area contributed by atoms with E-state index in [2.05, 4.69) is 12.1 Å². The van der Waals surface area contributed by atoms with Crippen molar-refractivity contribution in [3.63, 3.8) is 0 Å². The van der Waals surface area contributed by atoms with Crippen molar-refractivity contribution in [2.45, 2.75) is 31.6 Å². The topological polar surface area (TPSA) is 54.4 Å². The average Bonchev–Trinajstić information content (AvgIpc) is 3.51. The van der Waals surface area contributed by atoms with Crippen LogP contribution >= 0.6 is 0 Å². The van der Waals surface area contributed by atoms with Gasteiger partial charge in [0.05, 0.1) is 24.9 Å². The van der Waals surface area contributed by atoms with Crippen molar-refractivity contribution in [2.24, 2.45) is 11.0 Å². The zero-order valence-electron chi connectivity index (χ0n) is 17.0. The van der Waals surface area contributed by atoms with Gasteiger partial charge in [0.1, 0.15) is 5.71 Å². The number of carbonyl (C=O) groups is 1. The van der Waals surface area contributed by atoms with Gasteiger partial charge in [0.25, 0.3) is 5.91 Å². The molecule has 0 radical (unpaired) electrons. The van der Waals surface area contributed by atoms with E-state index >= 15 is 0 Å². The van der Waals surface area contributed by atoms with Crippen molar-refractivity contribution in [2.75, 3.05) is 31.3 Å². The second-order valence-electron chi connectivity index (χ2n) is 8.12. The van der Waals surface area contributed by atoms with Gasteiger partial charge in [-0.1, -0.05) is 48.5 Å². The van der Waals surface area contributed by atoms with Gasteiger partial charge in [-0.05, 0) is 30.5 Å². The Hall–Kier alpha value is -2.70. The Morgan fingerprint density at radius 1 is 0.967 bits per heavy atom. The lowest BCUT2D eigenvalue weighted by Crippen LogP contribution is -2.46. The average molecular weight is 405 g/mol. The van der Waals surface area contributed by atoms with Crippen LogP contribution in [0.4, 0.5) is 5.69 Å². The lowest BCUT2D eigenvalue weighted by Gasteiger charge is -2.34. The lowest BCUT2D eigenvalue weighted by atomic mass is 9.96. The quantitative estimate of drug-likeness (QED) is 0.780. The molecule has 2 aromatic carbocycles. The highest BCUT2D eigenvalue weighted by Gasteiger charge is 2.37. The second kappa shape index (κ2) is 8.58. The summed E-state index contributed by atoms with van der Waals surface area (Å²) in [5.41, 5.74) is 2.79. The first kappa shape index (κ1) is 19.3. The molecular formula is C24H27N3O3. The standard InChI is InChI=1S/C24H27N3O3/c28-23(26-13-7-10-19(17-26)24-29-14-15-30-24)21-16-22(18-8-3-1-4-9-18)27(25-21)20-11-5-2-6-12-20/h1-6,8-9,11-12,19,22,24H,7,10,13-17H2. The Morgan fingerprint density at radius 2 is 1.67 bits per heavy atom. The molecule has 0 saturated carbocycles. The maximum absolute atomic E-state index is 13.4. The number of carbonyl (C=O) groups excluding carboxylic acids is 1. The molecule has 1 amide bonds. The summed E-state index contributed by atoms with van der Waals surface area (Å²) >= 11 is 0. The Morgan fingerprint density at radius 3 is 2.40 bits per heavy atom. The van der Waals surface area contributed by atoms with Gasteiger partial charge in [0.15, 0.2) is 6.29 Å². The molecular weight excluding hydrogens is 378 g/mol. The molecule has 2 saturated heterocycles. The van der Waals surface area contributed by atoms with Crippen LogP contribution in [0.15, 0.2) is 65.8 Å². The molecule has 2 atom stereocenters. The van der Waals surface area contributed by atoms with Crippen LogP contribution in [-0.4, -0.2) is 49.1 Å². The van der Waals surface area contributed by atoms with E-state index < -0.39 is 0 Å². The Balaban J connectivity index is 1.37. The molecule has 6 nitrogen and oxygen atoms in total. The summed E-state index contributed by atoms with van der Waals surface area (Å²) < 4.78 is 11.4. The van der Waals surface area contributed by atoms with Gasteiger partial charge in [0.2, 0.25) is 0 Å². The molecule has 0 bridgehead atoms. The highest BCUT2D eigenvalue weighted by molar-refractivity contribution is 6.39. The number of hydrazone groups is 1. The highest BCUT2D eigenvalue weighted by atomic mass is 16.7. The third kappa shape index (κ3) is 3.85. The Labute approximate surface area is 177 Å². The predicted octanol–water partition coefficient (Wildman–Crippen LogP) is 3.61. The highest BCUT2D eigenvalue weighted by Crippen LogP contribution is 2.36. The van der Waals surface area contributed by atoms with Crippen LogP contribution in [0.1, 0.15) is 30.9 Å². The minimum Gasteiger partial charge on any atom is -0.350 e. The Bertz CT molecular complexity index is 896. The van der Waals surface area contributed by atoms with Crippen LogP contribution in [0.25, 0.3) is 0 Å². The lowest BCUT2D eigenvalue weighted by molar-refractivity contribution is -0.132. The number of anilines is 1. The number of likely N-dealkylation sites (tertiary alicyclic amines) is 1. The van der Waals surface area contributed by atoms with Crippen molar-refractivity contribution in [3.05, 3.63) is 66.2 Å². The molecule has 5 rings (SSSR count). The summed E-state index contributed by atoms with van der Waals surface area (Å²) in [6.07, 6.45) is 2.43. The molecule has 0 spiro atoms. The zero-order valence-corrected chi connectivity index (χ0v) is 17.0. The number of amides is 1. The number of ether oxygens (including phenoxy) is 2. The van der Waals surface area contributed by atoms with Crippen molar-refractivity contribution in [1.82, 2.24) is 4.90 Å². The van der Waals surface area contributed by atoms with Gasteiger partial charge in [-0.2, -0.15) is 5.10 Å². The normalized spacial score (nSPS) is 24.9. The first-order chi connectivity index (χ1) is 14.8. The SMILES string of the molecule is O=C(C1=NN(c2ccccc2)C(c2ccccc2)C1)N1CCCC(C2OCCO2)C1. The number of para-hydroxylation sites is 1. The van der Waals surface area contributed by atoms with Crippen LogP contribution in [-0.2, 0) is 14.3 Å². The summed E-state index contributed by atoms with van der Waals surface area (Å²) in [6.45, 7) is 2.73. The number of piperidine rings is 1. The zero-order chi connectivity index (χ0) is 20.3. The summed E-state index contributed by atoms with van der Waals surface area (Å²) in [4.78, 5) is 15.3. The first-order valence-electron chi connectivity index (χ1n) is 10.8. The van der Waals surface area contributed by atoms with E-state index in [1.54, 1.807) is 0 Å². The molecule has 0 N–H and O–H groups in total. The van der Waals surface area contributed by atoms with E-state index in [-0.39, 0.29) is 24.2 Å². The number of hydrogen-bond acceptors (Lipinski definition) is 5. The van der Waals surface area contributed by atoms with E-state index in [0.717, 1.165) is 30.6 Å². The van der Waals surface area contributed by atoms with Crippen LogP contribution in [0, 0.1) is 5.92 Å². The smallest absolute Gasteiger partial charge is 0.270 e. The van der Waals surface area contributed by atoms with Crippen molar-refractivity contribution in [1.29, 1.82) is 0 Å². The van der Waals surface area contributed by atoms with E-state index in [1.807, 2.05) is 58.4 Å². The molecule has 3 aliphatic rings. The van der Waals surface area contributed by atoms with Gasteiger partial charge < -0.3 is 14.4 Å². The molecule has 0 aromatic heterocycles. The molecule has 2 fully saturated rings. The molecule has 156 valence electrons. The minimum absolute atomic E-state index is 0.0228. The van der Waals surface area contributed by atoms with Gasteiger partial charge in [-0.15, -0.1) is 0 Å². The number of hydrogen-bond donors (Lipinski definition) is 0. The fourth-order valence-corrected chi connectivity index (χ4v) is 4.64. The third-order valence-electron chi connectivity index (χ3n) is 6.14. The van der Waals surface area contributed by atoms with Gasteiger partial charge in [0, 0.05) is 25.4 Å². The Kier molecular flexibility index (Phi) is 5.51. The van der Waals surface area contributed by atoms with Crippen LogP contribution in [0.5, 0.6) is 0 Å². The largest absolute Gasteiger partial charge is 0.350 e. The summed E-state index contributed by atoms with van der Waals surface area (Å²) in [5, 5.41) is 6.80. The van der Waals surface area contributed by atoms with Crippen molar-refractivity contribution >= 4 is 17.3 Å². The maximum atomic E-state index is 13.4. The van der Waals surface area contributed by atoms with Crippen molar-refractivity contribution in [3.8, 4) is 0 Å². The fourth-order valence-electron chi connectivity index (χ4n) is 4.64. The predicted molar refractivity (Wildman–Crippen MR) is 115 cm³/mol. The summed E-state index contributed by atoms with van der Waals surface area (Å²) in [5.74, 6) is 0.277. The van der Waals surface area contributed by atoms with Crippen LogP contribution in [0.2, 0.25) is 0 Å². The third-order valence-corrected chi connectivity index (χ3v) is 6.14. The van der Waals surface area contributed by atoms with E-state index in [1.165, 1.54) is 0 Å². The van der Waals surface area contributed by atoms with Crippen molar-refractivity contribution < 1.29 is 14.3 Å². The molecule has 6 heteroatoms. The van der Waals surface area contributed by atoms with E-state index in [4.69, 9.17) is 14.6 Å². The summed E-state index contributed by atoms with van der Waals surface area (Å²) in [6, 6.07) is 20.4. The van der Waals surface area contributed by atoms with Gasteiger partial charge >= 0.3 is 0 Å². The first-order valence-corrected chi connectivity index (χ1v) is 10.8. The molecule has 2 unspecified atom stereocenters. The van der Waals surface area contributed by atoms with Gasteiger partial charge in [-0.3, -0.25) is 9.80 Å². The summed E-state index contributed by atoms with van der Waals surface area (Å²) in [7, 11) is 0. The minimum atomic E-state index is -0.177. The number of benzene rings is 2. The monoisotopic (exact) mass is 405 g/mol. The second-order valence-corrected chi connectivity index (χ2v) is 8.12. The van der Waals surface area contributed by atoms with Gasteiger partial charge in [-0.25, -0.2) is 0 Å². The van der Waals surface area contributed by atoms with Crippen LogP contribution in [0.3, 0.4) is 0 Å². The van der Waals surface area contributed by atoms with Crippen LogP contribution < -0.4 is 5.01 Å². The number of rotatable bonds is 4. The number of nitrogens with zero attached hydrogens (tertiary/aromatic N) is 3. The fraction of sp³-hybridized carbons (Fsp3) is 0.417. The molecule has 3 aliphatic heterocycles.